The van der Waals surface area contributed by atoms with E-state index in [1.807, 2.05) is 17.5 Å². The lowest BCUT2D eigenvalue weighted by molar-refractivity contribution is -0.122. The minimum Gasteiger partial charge on any atom is -0.462 e. The van der Waals surface area contributed by atoms with Crippen LogP contribution in [-0.4, -0.2) is 23.5 Å². The summed E-state index contributed by atoms with van der Waals surface area (Å²) in [6.07, 6.45) is 3.61. The maximum Gasteiger partial charge on any atom is 0.237 e. The van der Waals surface area contributed by atoms with Crippen LogP contribution in [0.1, 0.15) is 18.5 Å². The average molecular weight is 314 g/mol. The Kier molecular flexibility index (Phi) is 5.17. The summed E-state index contributed by atoms with van der Waals surface area (Å²) in [5, 5.41) is 8.87. The molecule has 0 aliphatic carbocycles. The summed E-state index contributed by atoms with van der Waals surface area (Å²) >= 11 is 1.52. The van der Waals surface area contributed by atoms with Crippen molar-refractivity contribution in [1.29, 1.82) is 0 Å². The van der Waals surface area contributed by atoms with Gasteiger partial charge in [0.05, 0.1) is 24.5 Å². The molecule has 1 fully saturated rings. The molecule has 0 spiro atoms. The lowest BCUT2D eigenvalue weighted by Crippen LogP contribution is -2.40. The predicted molar refractivity (Wildman–Crippen MR) is 79.9 cm³/mol. The van der Waals surface area contributed by atoms with Gasteiger partial charge in [-0.1, -0.05) is 0 Å². The SMILES string of the molecule is Cl.O=C(NCc1csc(-c2ccco2)n1)C1CCCN1. The van der Waals surface area contributed by atoms with Crippen molar-refractivity contribution in [3.8, 4) is 10.8 Å². The molecule has 2 N–H and O–H groups in total. The molecule has 20 heavy (non-hydrogen) atoms. The van der Waals surface area contributed by atoms with Gasteiger partial charge in [-0.3, -0.25) is 4.79 Å². The summed E-state index contributed by atoms with van der Waals surface area (Å²) in [5.41, 5.74) is 0.864. The van der Waals surface area contributed by atoms with Crippen LogP contribution in [0.2, 0.25) is 0 Å². The molecule has 0 radical (unpaired) electrons. The zero-order valence-electron chi connectivity index (χ0n) is 10.8. The van der Waals surface area contributed by atoms with Crippen molar-refractivity contribution in [3.05, 3.63) is 29.5 Å². The minimum atomic E-state index is -0.0387. The lowest BCUT2D eigenvalue weighted by atomic mass is 10.2. The Labute approximate surface area is 127 Å². The van der Waals surface area contributed by atoms with Crippen molar-refractivity contribution in [1.82, 2.24) is 15.6 Å². The molecule has 2 aromatic rings. The van der Waals surface area contributed by atoms with Gasteiger partial charge in [-0.05, 0) is 31.5 Å². The standard InChI is InChI=1S/C13H15N3O2S.ClH/c17-12(10-3-1-5-14-10)15-7-9-8-19-13(16-9)11-4-2-6-18-11;/h2,4,6,8,10,14H,1,3,5,7H2,(H,15,17);1H. The normalized spacial score (nSPS) is 17.7. The second-order valence-corrected chi connectivity index (χ2v) is 5.35. The fourth-order valence-corrected chi connectivity index (χ4v) is 2.90. The van der Waals surface area contributed by atoms with E-state index in [9.17, 15) is 4.79 Å². The number of hydrogen-bond acceptors (Lipinski definition) is 5. The molecule has 108 valence electrons. The molecule has 1 aliphatic rings. The molecule has 1 aliphatic heterocycles. The third-order valence-electron chi connectivity index (χ3n) is 3.10. The molecule has 2 aromatic heterocycles. The van der Waals surface area contributed by atoms with E-state index in [1.165, 1.54) is 11.3 Å². The average Bonchev–Trinajstić information content (AvgIpc) is 3.14. The van der Waals surface area contributed by atoms with Crippen molar-refractivity contribution in [2.45, 2.75) is 25.4 Å². The Morgan fingerprint density at radius 2 is 2.50 bits per heavy atom. The second kappa shape index (κ2) is 6.88. The molecule has 3 heterocycles. The van der Waals surface area contributed by atoms with E-state index in [0.717, 1.165) is 35.8 Å². The molecule has 0 aromatic carbocycles. The number of aromatic nitrogens is 1. The van der Waals surface area contributed by atoms with Gasteiger partial charge < -0.3 is 15.1 Å². The molecule has 1 unspecified atom stereocenters. The number of thiazole rings is 1. The zero-order chi connectivity index (χ0) is 13.1. The summed E-state index contributed by atoms with van der Waals surface area (Å²) < 4.78 is 5.29. The number of hydrogen-bond donors (Lipinski definition) is 2. The predicted octanol–water partition coefficient (Wildman–Crippen LogP) is 2.19. The molecule has 1 amide bonds. The first-order chi connectivity index (χ1) is 9.33. The van der Waals surface area contributed by atoms with Crippen LogP contribution in [0.3, 0.4) is 0 Å². The van der Waals surface area contributed by atoms with Crippen LogP contribution in [0.25, 0.3) is 10.8 Å². The maximum absolute atomic E-state index is 11.8. The molecule has 1 saturated heterocycles. The number of carbonyl (C=O) groups is 1. The van der Waals surface area contributed by atoms with E-state index in [-0.39, 0.29) is 24.4 Å². The molecule has 1 atom stereocenters. The maximum atomic E-state index is 11.8. The quantitative estimate of drug-likeness (QED) is 0.908. The van der Waals surface area contributed by atoms with Crippen molar-refractivity contribution in [2.24, 2.45) is 0 Å². The Hall–Kier alpha value is -1.37. The number of halogens is 1. The number of amides is 1. The van der Waals surface area contributed by atoms with Gasteiger partial charge in [0, 0.05) is 5.38 Å². The van der Waals surface area contributed by atoms with Crippen LogP contribution in [0, 0.1) is 0 Å². The number of carbonyl (C=O) groups excluding carboxylic acids is 1. The van der Waals surface area contributed by atoms with E-state index in [2.05, 4.69) is 15.6 Å². The first-order valence-corrected chi connectivity index (χ1v) is 7.20. The molecule has 0 saturated carbocycles. The van der Waals surface area contributed by atoms with Gasteiger partial charge in [-0.15, -0.1) is 23.7 Å². The van der Waals surface area contributed by atoms with Gasteiger partial charge in [0.15, 0.2) is 10.8 Å². The number of furan rings is 1. The molecule has 0 bridgehead atoms. The Morgan fingerprint density at radius 3 is 3.20 bits per heavy atom. The summed E-state index contributed by atoms with van der Waals surface area (Å²) in [6, 6.07) is 3.68. The highest BCUT2D eigenvalue weighted by molar-refractivity contribution is 7.13. The summed E-state index contributed by atoms with van der Waals surface area (Å²) in [7, 11) is 0. The Morgan fingerprint density at radius 1 is 1.60 bits per heavy atom. The molecule has 5 nitrogen and oxygen atoms in total. The third-order valence-corrected chi connectivity index (χ3v) is 4.01. The Balaban J connectivity index is 0.00000147. The molecular weight excluding hydrogens is 298 g/mol. The largest absolute Gasteiger partial charge is 0.462 e. The minimum absolute atomic E-state index is 0. The number of nitrogens with zero attached hydrogens (tertiary/aromatic N) is 1. The van der Waals surface area contributed by atoms with Crippen molar-refractivity contribution in [2.75, 3.05) is 6.54 Å². The number of nitrogens with one attached hydrogen (secondary N) is 2. The summed E-state index contributed by atoms with van der Waals surface area (Å²) in [6.45, 7) is 1.39. The van der Waals surface area contributed by atoms with Crippen LogP contribution >= 0.6 is 23.7 Å². The molecular formula is C13H16ClN3O2S. The van der Waals surface area contributed by atoms with Crippen molar-refractivity contribution >= 4 is 29.7 Å². The van der Waals surface area contributed by atoms with Crippen LogP contribution in [0.4, 0.5) is 0 Å². The zero-order valence-corrected chi connectivity index (χ0v) is 12.4. The highest BCUT2D eigenvalue weighted by atomic mass is 35.5. The first kappa shape index (κ1) is 15.0. The van der Waals surface area contributed by atoms with Crippen LogP contribution in [0.5, 0.6) is 0 Å². The van der Waals surface area contributed by atoms with Crippen LogP contribution in [0.15, 0.2) is 28.2 Å². The van der Waals surface area contributed by atoms with Gasteiger partial charge in [0.1, 0.15) is 0 Å². The monoisotopic (exact) mass is 313 g/mol. The highest BCUT2D eigenvalue weighted by Crippen LogP contribution is 2.23. The molecule has 3 rings (SSSR count). The number of rotatable bonds is 4. The van der Waals surface area contributed by atoms with E-state index in [1.54, 1.807) is 6.26 Å². The topological polar surface area (TPSA) is 67.2 Å². The van der Waals surface area contributed by atoms with Gasteiger partial charge in [-0.25, -0.2) is 4.98 Å². The smallest absolute Gasteiger partial charge is 0.237 e. The van der Waals surface area contributed by atoms with Gasteiger partial charge in [0.2, 0.25) is 5.91 Å². The van der Waals surface area contributed by atoms with Gasteiger partial charge >= 0.3 is 0 Å². The van der Waals surface area contributed by atoms with Crippen LogP contribution < -0.4 is 10.6 Å². The molecule has 7 heteroatoms. The second-order valence-electron chi connectivity index (χ2n) is 4.49. The lowest BCUT2D eigenvalue weighted by Gasteiger charge is -2.09. The third kappa shape index (κ3) is 3.39. The Bertz CT molecular complexity index is 550. The summed E-state index contributed by atoms with van der Waals surface area (Å²) in [5.74, 6) is 0.824. The summed E-state index contributed by atoms with van der Waals surface area (Å²) in [4.78, 5) is 16.3. The fourth-order valence-electron chi connectivity index (χ4n) is 2.11. The van der Waals surface area contributed by atoms with E-state index in [4.69, 9.17) is 4.42 Å². The van der Waals surface area contributed by atoms with Gasteiger partial charge in [0.25, 0.3) is 0 Å². The van der Waals surface area contributed by atoms with Crippen LogP contribution in [-0.2, 0) is 11.3 Å². The van der Waals surface area contributed by atoms with E-state index in [0.29, 0.717) is 6.54 Å². The highest BCUT2D eigenvalue weighted by Gasteiger charge is 2.21. The van der Waals surface area contributed by atoms with Crippen molar-refractivity contribution < 1.29 is 9.21 Å². The van der Waals surface area contributed by atoms with Crippen molar-refractivity contribution in [3.63, 3.8) is 0 Å². The van der Waals surface area contributed by atoms with E-state index < -0.39 is 0 Å². The fraction of sp³-hybridized carbons (Fsp3) is 0.385. The van der Waals surface area contributed by atoms with E-state index >= 15 is 0 Å². The van der Waals surface area contributed by atoms with Gasteiger partial charge in [-0.2, -0.15) is 0 Å². The first-order valence-electron chi connectivity index (χ1n) is 6.32.